The number of carbonyl (C=O) groups is 1. The second kappa shape index (κ2) is 8.53. The van der Waals surface area contributed by atoms with Gasteiger partial charge < -0.3 is 15.1 Å². The highest BCUT2D eigenvalue weighted by atomic mass is 16.2. The van der Waals surface area contributed by atoms with Gasteiger partial charge in [0, 0.05) is 26.6 Å². The van der Waals surface area contributed by atoms with Crippen molar-refractivity contribution in [3.63, 3.8) is 0 Å². The SMILES string of the molecule is CC(CCN(C)C)NCCCC(=O)N(C)C. The summed E-state index contributed by atoms with van der Waals surface area (Å²) in [6.45, 7) is 4.22. The molecule has 0 aromatic rings. The standard InChI is InChI=1S/C12H27N3O/c1-11(8-10-14(2)3)13-9-6-7-12(16)15(4)5/h11,13H,6-10H2,1-5H3. The van der Waals surface area contributed by atoms with Crippen LogP contribution in [0.1, 0.15) is 26.2 Å². The van der Waals surface area contributed by atoms with Crippen LogP contribution in [0.2, 0.25) is 0 Å². The molecule has 1 unspecified atom stereocenters. The van der Waals surface area contributed by atoms with Crippen LogP contribution in [0.25, 0.3) is 0 Å². The molecule has 0 rings (SSSR count). The number of rotatable bonds is 8. The maximum atomic E-state index is 11.3. The quantitative estimate of drug-likeness (QED) is 0.625. The fourth-order valence-corrected chi connectivity index (χ4v) is 1.37. The molecule has 0 fully saturated rings. The van der Waals surface area contributed by atoms with E-state index in [4.69, 9.17) is 0 Å². The zero-order valence-electron chi connectivity index (χ0n) is 11.4. The maximum absolute atomic E-state index is 11.3. The topological polar surface area (TPSA) is 35.6 Å². The van der Waals surface area contributed by atoms with Crippen molar-refractivity contribution in [2.24, 2.45) is 0 Å². The number of hydrogen-bond acceptors (Lipinski definition) is 3. The van der Waals surface area contributed by atoms with E-state index in [0.29, 0.717) is 12.5 Å². The summed E-state index contributed by atoms with van der Waals surface area (Å²) in [6, 6.07) is 0.525. The van der Waals surface area contributed by atoms with E-state index in [0.717, 1.165) is 25.9 Å². The molecule has 4 heteroatoms. The Morgan fingerprint density at radius 2 is 1.88 bits per heavy atom. The van der Waals surface area contributed by atoms with Gasteiger partial charge in [-0.15, -0.1) is 0 Å². The molecule has 0 spiro atoms. The van der Waals surface area contributed by atoms with Gasteiger partial charge in [0.25, 0.3) is 0 Å². The molecule has 0 saturated heterocycles. The minimum atomic E-state index is 0.211. The van der Waals surface area contributed by atoms with Gasteiger partial charge >= 0.3 is 0 Å². The van der Waals surface area contributed by atoms with Crippen LogP contribution in [-0.4, -0.2) is 63.0 Å². The van der Waals surface area contributed by atoms with Gasteiger partial charge in [-0.1, -0.05) is 0 Å². The molecule has 0 aliphatic carbocycles. The highest BCUT2D eigenvalue weighted by Crippen LogP contribution is 1.95. The van der Waals surface area contributed by atoms with Gasteiger partial charge in [0.2, 0.25) is 5.91 Å². The normalized spacial score (nSPS) is 12.9. The summed E-state index contributed by atoms with van der Waals surface area (Å²) in [5, 5.41) is 3.43. The van der Waals surface area contributed by atoms with Crippen molar-refractivity contribution >= 4 is 5.91 Å². The third-order valence-corrected chi connectivity index (χ3v) is 2.57. The molecular formula is C12H27N3O. The molecule has 0 aliphatic rings. The predicted octanol–water partition coefficient (Wildman–Crippen LogP) is 0.785. The van der Waals surface area contributed by atoms with Crippen molar-refractivity contribution in [1.29, 1.82) is 0 Å². The van der Waals surface area contributed by atoms with Crippen LogP contribution in [0.5, 0.6) is 0 Å². The van der Waals surface area contributed by atoms with E-state index in [2.05, 4.69) is 31.2 Å². The molecule has 96 valence electrons. The Morgan fingerprint density at radius 3 is 2.38 bits per heavy atom. The number of hydrogen-bond donors (Lipinski definition) is 1. The smallest absolute Gasteiger partial charge is 0.222 e. The van der Waals surface area contributed by atoms with Gasteiger partial charge in [0.05, 0.1) is 0 Å². The van der Waals surface area contributed by atoms with Gasteiger partial charge in [-0.3, -0.25) is 4.79 Å². The Balaban J connectivity index is 3.41. The highest BCUT2D eigenvalue weighted by Gasteiger charge is 2.04. The molecule has 0 saturated carbocycles. The number of amides is 1. The number of nitrogens with one attached hydrogen (secondary N) is 1. The predicted molar refractivity (Wildman–Crippen MR) is 68.6 cm³/mol. The van der Waals surface area contributed by atoms with Gasteiger partial charge in [0.15, 0.2) is 0 Å². The zero-order chi connectivity index (χ0) is 12.6. The van der Waals surface area contributed by atoms with E-state index in [1.54, 1.807) is 19.0 Å². The lowest BCUT2D eigenvalue weighted by Gasteiger charge is -2.17. The Kier molecular flexibility index (Phi) is 8.21. The van der Waals surface area contributed by atoms with Crippen molar-refractivity contribution in [2.75, 3.05) is 41.3 Å². The van der Waals surface area contributed by atoms with Gasteiger partial charge in [-0.2, -0.15) is 0 Å². The van der Waals surface area contributed by atoms with Crippen LogP contribution >= 0.6 is 0 Å². The van der Waals surface area contributed by atoms with Crippen LogP contribution in [0.4, 0.5) is 0 Å². The molecule has 0 radical (unpaired) electrons. The van der Waals surface area contributed by atoms with Crippen LogP contribution < -0.4 is 5.32 Å². The molecule has 0 bridgehead atoms. The van der Waals surface area contributed by atoms with Crippen LogP contribution in [0, 0.1) is 0 Å². The Hall–Kier alpha value is -0.610. The van der Waals surface area contributed by atoms with Gasteiger partial charge in [-0.05, 0) is 47.0 Å². The van der Waals surface area contributed by atoms with Crippen molar-refractivity contribution in [3.05, 3.63) is 0 Å². The summed E-state index contributed by atoms with van der Waals surface area (Å²) in [5.41, 5.74) is 0. The summed E-state index contributed by atoms with van der Waals surface area (Å²) in [7, 11) is 7.77. The largest absolute Gasteiger partial charge is 0.349 e. The summed E-state index contributed by atoms with van der Waals surface area (Å²) in [4.78, 5) is 15.1. The van der Waals surface area contributed by atoms with Crippen molar-refractivity contribution < 1.29 is 4.79 Å². The lowest BCUT2D eigenvalue weighted by atomic mass is 10.2. The molecule has 4 nitrogen and oxygen atoms in total. The molecular weight excluding hydrogens is 202 g/mol. The van der Waals surface area contributed by atoms with Crippen LogP contribution in [0.15, 0.2) is 0 Å². The maximum Gasteiger partial charge on any atom is 0.222 e. The molecule has 0 heterocycles. The average Bonchev–Trinajstić information content (AvgIpc) is 2.20. The lowest BCUT2D eigenvalue weighted by Crippen LogP contribution is -2.31. The second-order valence-corrected chi connectivity index (χ2v) is 4.84. The van der Waals surface area contributed by atoms with Crippen LogP contribution in [0.3, 0.4) is 0 Å². The van der Waals surface area contributed by atoms with Crippen molar-refractivity contribution in [2.45, 2.75) is 32.2 Å². The molecule has 1 amide bonds. The van der Waals surface area contributed by atoms with Crippen LogP contribution in [-0.2, 0) is 4.79 Å². The third kappa shape index (κ3) is 8.68. The summed E-state index contributed by atoms with van der Waals surface area (Å²) < 4.78 is 0. The Labute approximate surface area is 100.0 Å². The number of nitrogens with zero attached hydrogens (tertiary/aromatic N) is 2. The monoisotopic (exact) mass is 229 g/mol. The molecule has 1 atom stereocenters. The Bertz CT molecular complexity index is 193. The zero-order valence-corrected chi connectivity index (χ0v) is 11.4. The first-order valence-electron chi connectivity index (χ1n) is 6.01. The fraction of sp³-hybridized carbons (Fsp3) is 0.917. The number of carbonyl (C=O) groups excluding carboxylic acids is 1. The van der Waals surface area contributed by atoms with E-state index in [-0.39, 0.29) is 5.91 Å². The first kappa shape index (κ1) is 15.4. The fourth-order valence-electron chi connectivity index (χ4n) is 1.37. The lowest BCUT2D eigenvalue weighted by molar-refractivity contribution is -0.128. The summed E-state index contributed by atoms with van der Waals surface area (Å²) in [6.07, 6.45) is 2.71. The van der Waals surface area contributed by atoms with E-state index in [9.17, 15) is 4.79 Å². The second-order valence-electron chi connectivity index (χ2n) is 4.84. The van der Waals surface area contributed by atoms with Gasteiger partial charge in [0.1, 0.15) is 0 Å². The summed E-state index contributed by atoms with van der Waals surface area (Å²) >= 11 is 0. The molecule has 0 aromatic carbocycles. The molecule has 16 heavy (non-hydrogen) atoms. The van der Waals surface area contributed by atoms with Gasteiger partial charge in [-0.25, -0.2) is 0 Å². The summed E-state index contributed by atoms with van der Waals surface area (Å²) in [5.74, 6) is 0.211. The van der Waals surface area contributed by atoms with E-state index < -0.39 is 0 Å². The van der Waals surface area contributed by atoms with Crippen molar-refractivity contribution in [1.82, 2.24) is 15.1 Å². The molecule has 0 aliphatic heterocycles. The third-order valence-electron chi connectivity index (χ3n) is 2.57. The van der Waals surface area contributed by atoms with Crippen molar-refractivity contribution in [3.8, 4) is 0 Å². The first-order valence-corrected chi connectivity index (χ1v) is 6.01. The molecule has 0 aromatic heterocycles. The Morgan fingerprint density at radius 1 is 1.25 bits per heavy atom. The minimum Gasteiger partial charge on any atom is -0.349 e. The highest BCUT2D eigenvalue weighted by molar-refractivity contribution is 5.75. The van der Waals surface area contributed by atoms with E-state index >= 15 is 0 Å². The average molecular weight is 229 g/mol. The van der Waals surface area contributed by atoms with E-state index in [1.165, 1.54) is 0 Å². The molecule has 1 N–H and O–H groups in total. The first-order chi connectivity index (χ1) is 7.43. The minimum absolute atomic E-state index is 0.211. The van der Waals surface area contributed by atoms with E-state index in [1.807, 2.05) is 0 Å².